The highest BCUT2D eigenvalue weighted by atomic mass is 19.3. The van der Waals surface area contributed by atoms with Crippen LogP contribution in [0.25, 0.3) is 10.9 Å². The highest BCUT2D eigenvalue weighted by molar-refractivity contribution is 5.88. The summed E-state index contributed by atoms with van der Waals surface area (Å²) in [5.41, 5.74) is 2.25. The van der Waals surface area contributed by atoms with Crippen LogP contribution >= 0.6 is 0 Å². The summed E-state index contributed by atoms with van der Waals surface area (Å²) in [4.78, 5) is 4.22. The lowest BCUT2D eigenvalue weighted by molar-refractivity contribution is -0.0492. The molecule has 0 unspecified atom stereocenters. The average Bonchev–Trinajstić information content (AvgIpc) is 2.22. The van der Waals surface area contributed by atoms with Crippen LogP contribution in [0.2, 0.25) is 0 Å². The first kappa shape index (κ1) is 10.8. The highest BCUT2D eigenvalue weighted by Crippen LogP contribution is 2.30. The van der Waals surface area contributed by atoms with Gasteiger partial charge in [-0.15, -0.1) is 0 Å². The van der Waals surface area contributed by atoms with Gasteiger partial charge in [0, 0.05) is 17.1 Å². The van der Waals surface area contributed by atoms with E-state index >= 15 is 0 Å². The van der Waals surface area contributed by atoms with E-state index in [2.05, 4.69) is 9.72 Å². The first-order valence-electron chi connectivity index (χ1n) is 4.89. The van der Waals surface area contributed by atoms with Gasteiger partial charge in [0.2, 0.25) is 0 Å². The number of hydrogen-bond acceptors (Lipinski definition) is 2. The van der Waals surface area contributed by atoms with Crippen molar-refractivity contribution >= 4 is 10.9 Å². The molecule has 0 aliphatic heterocycles. The summed E-state index contributed by atoms with van der Waals surface area (Å²) in [5, 5.41) is 0.625. The van der Waals surface area contributed by atoms with Crippen molar-refractivity contribution in [2.45, 2.75) is 20.5 Å². The molecule has 0 atom stereocenters. The van der Waals surface area contributed by atoms with Crippen molar-refractivity contribution in [3.05, 3.63) is 35.5 Å². The third-order valence-corrected chi connectivity index (χ3v) is 2.43. The minimum absolute atomic E-state index is 0.212. The predicted molar refractivity (Wildman–Crippen MR) is 57.8 cm³/mol. The molecule has 0 saturated carbocycles. The minimum Gasteiger partial charge on any atom is -0.434 e. The van der Waals surface area contributed by atoms with Gasteiger partial charge in [0.25, 0.3) is 0 Å². The standard InChI is InChI=1S/C12H11F2NO/c1-7-4-3-5-9-10(7)15-6-8(2)11(9)16-12(13)14/h3-6,12H,1-2H3. The number of rotatable bonds is 2. The number of nitrogens with zero attached hydrogens (tertiary/aromatic N) is 1. The first-order valence-corrected chi connectivity index (χ1v) is 4.89. The van der Waals surface area contributed by atoms with Gasteiger partial charge in [-0.3, -0.25) is 4.98 Å². The van der Waals surface area contributed by atoms with E-state index in [0.29, 0.717) is 16.5 Å². The van der Waals surface area contributed by atoms with E-state index in [1.807, 2.05) is 13.0 Å². The lowest BCUT2D eigenvalue weighted by Crippen LogP contribution is -2.04. The SMILES string of the molecule is Cc1cnc2c(C)cccc2c1OC(F)F. The van der Waals surface area contributed by atoms with Crippen molar-refractivity contribution in [3.8, 4) is 5.75 Å². The molecule has 0 N–H and O–H groups in total. The summed E-state index contributed by atoms with van der Waals surface area (Å²) in [6.07, 6.45) is 1.55. The number of ether oxygens (including phenoxy) is 1. The van der Waals surface area contributed by atoms with Crippen LogP contribution in [-0.2, 0) is 0 Å². The summed E-state index contributed by atoms with van der Waals surface area (Å²) in [6, 6.07) is 5.42. The zero-order valence-corrected chi connectivity index (χ0v) is 9.00. The largest absolute Gasteiger partial charge is 0.434 e. The third kappa shape index (κ3) is 1.83. The van der Waals surface area contributed by atoms with Crippen molar-refractivity contribution in [3.63, 3.8) is 0 Å². The number of alkyl halides is 2. The number of aromatic nitrogens is 1. The summed E-state index contributed by atoms with van der Waals surface area (Å²) >= 11 is 0. The summed E-state index contributed by atoms with van der Waals surface area (Å²) in [6.45, 7) is 0.772. The molecule has 16 heavy (non-hydrogen) atoms. The van der Waals surface area contributed by atoms with Crippen LogP contribution in [0.4, 0.5) is 8.78 Å². The van der Waals surface area contributed by atoms with Crippen LogP contribution in [0.3, 0.4) is 0 Å². The Morgan fingerprint density at radius 1 is 1.19 bits per heavy atom. The van der Waals surface area contributed by atoms with Gasteiger partial charge in [-0.25, -0.2) is 0 Å². The molecule has 2 rings (SSSR count). The molecule has 1 aromatic heterocycles. The van der Waals surface area contributed by atoms with Crippen molar-refractivity contribution in [2.75, 3.05) is 0 Å². The Labute approximate surface area is 91.9 Å². The van der Waals surface area contributed by atoms with Crippen molar-refractivity contribution < 1.29 is 13.5 Å². The van der Waals surface area contributed by atoms with Gasteiger partial charge in [-0.2, -0.15) is 8.78 Å². The van der Waals surface area contributed by atoms with Crippen molar-refractivity contribution in [2.24, 2.45) is 0 Å². The molecule has 1 heterocycles. The van der Waals surface area contributed by atoms with E-state index in [1.165, 1.54) is 0 Å². The fraction of sp³-hybridized carbons (Fsp3) is 0.250. The van der Waals surface area contributed by atoms with Gasteiger partial charge in [-0.1, -0.05) is 12.1 Å². The number of halogens is 2. The van der Waals surface area contributed by atoms with E-state index in [0.717, 1.165) is 5.56 Å². The van der Waals surface area contributed by atoms with E-state index in [4.69, 9.17) is 0 Å². The third-order valence-electron chi connectivity index (χ3n) is 2.43. The van der Waals surface area contributed by atoms with Crippen LogP contribution in [-0.4, -0.2) is 11.6 Å². The Morgan fingerprint density at radius 2 is 1.94 bits per heavy atom. The number of benzene rings is 1. The second kappa shape index (κ2) is 4.04. The molecule has 0 aliphatic carbocycles. The van der Waals surface area contributed by atoms with E-state index in [1.54, 1.807) is 25.3 Å². The molecule has 84 valence electrons. The zero-order chi connectivity index (χ0) is 11.7. The number of fused-ring (bicyclic) bond motifs is 1. The van der Waals surface area contributed by atoms with Gasteiger partial charge in [0.05, 0.1) is 5.52 Å². The zero-order valence-electron chi connectivity index (χ0n) is 9.00. The Kier molecular flexibility index (Phi) is 2.73. The molecule has 0 bridgehead atoms. The fourth-order valence-corrected chi connectivity index (χ4v) is 1.69. The quantitative estimate of drug-likeness (QED) is 0.777. The second-order valence-electron chi connectivity index (χ2n) is 3.62. The van der Waals surface area contributed by atoms with Crippen LogP contribution in [0.15, 0.2) is 24.4 Å². The Hall–Kier alpha value is -1.71. The molecule has 0 amide bonds. The molecule has 4 heteroatoms. The fourth-order valence-electron chi connectivity index (χ4n) is 1.69. The monoisotopic (exact) mass is 223 g/mol. The van der Waals surface area contributed by atoms with Gasteiger partial charge < -0.3 is 4.74 Å². The van der Waals surface area contributed by atoms with Crippen LogP contribution in [0.1, 0.15) is 11.1 Å². The van der Waals surface area contributed by atoms with Crippen molar-refractivity contribution in [1.82, 2.24) is 4.98 Å². The molecule has 2 aromatic rings. The van der Waals surface area contributed by atoms with Crippen LogP contribution < -0.4 is 4.74 Å². The normalized spacial score (nSPS) is 11.1. The van der Waals surface area contributed by atoms with E-state index < -0.39 is 6.61 Å². The van der Waals surface area contributed by atoms with Gasteiger partial charge in [-0.05, 0) is 25.5 Å². The lowest BCUT2D eigenvalue weighted by atomic mass is 10.1. The molecule has 1 aromatic carbocycles. The summed E-state index contributed by atoms with van der Waals surface area (Å²) in [5.74, 6) is 0.212. The van der Waals surface area contributed by atoms with Gasteiger partial charge in [0.15, 0.2) is 0 Å². The minimum atomic E-state index is -2.81. The maximum absolute atomic E-state index is 12.3. The molecule has 0 fully saturated rings. The maximum atomic E-state index is 12.3. The lowest BCUT2D eigenvalue weighted by Gasteiger charge is -2.11. The predicted octanol–water partition coefficient (Wildman–Crippen LogP) is 3.45. The van der Waals surface area contributed by atoms with Gasteiger partial charge in [0.1, 0.15) is 5.75 Å². The van der Waals surface area contributed by atoms with Gasteiger partial charge >= 0.3 is 6.61 Å². The smallest absolute Gasteiger partial charge is 0.387 e. The second-order valence-corrected chi connectivity index (χ2v) is 3.62. The van der Waals surface area contributed by atoms with Crippen LogP contribution in [0, 0.1) is 13.8 Å². The topological polar surface area (TPSA) is 22.1 Å². The number of para-hydroxylation sites is 1. The van der Waals surface area contributed by atoms with E-state index in [9.17, 15) is 8.78 Å². The van der Waals surface area contributed by atoms with Crippen molar-refractivity contribution in [1.29, 1.82) is 0 Å². The highest BCUT2D eigenvalue weighted by Gasteiger charge is 2.12. The first-order chi connectivity index (χ1) is 7.59. The Bertz CT molecular complexity index is 526. The molecule has 0 spiro atoms. The van der Waals surface area contributed by atoms with E-state index in [-0.39, 0.29) is 5.75 Å². The molecule has 0 radical (unpaired) electrons. The Morgan fingerprint density at radius 3 is 2.62 bits per heavy atom. The molecule has 0 aliphatic rings. The average molecular weight is 223 g/mol. The summed E-state index contributed by atoms with van der Waals surface area (Å²) < 4.78 is 29.1. The summed E-state index contributed by atoms with van der Waals surface area (Å²) in [7, 11) is 0. The number of pyridine rings is 1. The maximum Gasteiger partial charge on any atom is 0.387 e. The molecular weight excluding hydrogens is 212 g/mol. The number of aryl methyl sites for hydroxylation is 2. The molecule has 0 saturated heterocycles. The number of hydrogen-bond donors (Lipinski definition) is 0. The molecular formula is C12H11F2NO. The Balaban J connectivity index is 2.69. The van der Waals surface area contributed by atoms with Crippen LogP contribution in [0.5, 0.6) is 5.75 Å². The molecule has 2 nitrogen and oxygen atoms in total.